The standard InChI is InChI=1S/C25H20FNO3/c26-20-13-7-12-19(16-20)22-21(23(28)18-10-5-2-6-11-18)24(29)25(30)27(22)15-14-17-8-3-1-4-9-17/h1-13,16,22,28H,14-15H2/b23-21+. The summed E-state index contributed by atoms with van der Waals surface area (Å²) in [5.74, 6) is -2.19. The van der Waals surface area contributed by atoms with Gasteiger partial charge in [-0.15, -0.1) is 0 Å². The van der Waals surface area contributed by atoms with Crippen molar-refractivity contribution >= 4 is 17.4 Å². The van der Waals surface area contributed by atoms with Crippen molar-refractivity contribution < 1.29 is 19.1 Å². The van der Waals surface area contributed by atoms with E-state index in [1.165, 1.54) is 23.1 Å². The Labute approximate surface area is 173 Å². The Morgan fingerprint density at radius 1 is 0.900 bits per heavy atom. The monoisotopic (exact) mass is 401 g/mol. The molecule has 1 amide bonds. The Morgan fingerprint density at radius 2 is 1.57 bits per heavy atom. The molecule has 0 radical (unpaired) electrons. The number of halogens is 1. The van der Waals surface area contributed by atoms with Crippen LogP contribution in [0.2, 0.25) is 0 Å². The average Bonchev–Trinajstić information content (AvgIpc) is 3.03. The van der Waals surface area contributed by atoms with Crippen molar-refractivity contribution in [2.75, 3.05) is 6.54 Å². The van der Waals surface area contributed by atoms with Crippen molar-refractivity contribution in [2.24, 2.45) is 0 Å². The molecule has 1 fully saturated rings. The Hall–Kier alpha value is -3.73. The van der Waals surface area contributed by atoms with Crippen LogP contribution in [0.4, 0.5) is 4.39 Å². The fourth-order valence-corrected chi connectivity index (χ4v) is 3.78. The molecule has 150 valence electrons. The zero-order valence-corrected chi connectivity index (χ0v) is 16.2. The second-order valence-electron chi connectivity index (χ2n) is 7.15. The van der Waals surface area contributed by atoms with Crippen molar-refractivity contribution in [2.45, 2.75) is 12.5 Å². The predicted molar refractivity (Wildman–Crippen MR) is 112 cm³/mol. The summed E-state index contributed by atoms with van der Waals surface area (Å²) in [6, 6.07) is 23.1. The van der Waals surface area contributed by atoms with E-state index in [0.717, 1.165) is 5.56 Å². The van der Waals surface area contributed by atoms with Gasteiger partial charge in [-0.2, -0.15) is 0 Å². The van der Waals surface area contributed by atoms with E-state index in [-0.39, 0.29) is 17.9 Å². The van der Waals surface area contributed by atoms with Crippen LogP contribution in [0.5, 0.6) is 0 Å². The highest BCUT2D eigenvalue weighted by molar-refractivity contribution is 6.46. The van der Waals surface area contributed by atoms with Crippen molar-refractivity contribution in [3.8, 4) is 0 Å². The minimum absolute atomic E-state index is 0.0233. The lowest BCUT2D eigenvalue weighted by molar-refractivity contribution is -0.139. The van der Waals surface area contributed by atoms with Crippen molar-refractivity contribution in [3.63, 3.8) is 0 Å². The van der Waals surface area contributed by atoms with E-state index in [2.05, 4.69) is 0 Å². The highest BCUT2D eigenvalue weighted by Gasteiger charge is 2.45. The first-order chi connectivity index (χ1) is 14.6. The van der Waals surface area contributed by atoms with Crippen LogP contribution in [-0.2, 0) is 16.0 Å². The molecule has 1 heterocycles. The smallest absolute Gasteiger partial charge is 0.295 e. The van der Waals surface area contributed by atoms with Crippen molar-refractivity contribution in [1.29, 1.82) is 0 Å². The van der Waals surface area contributed by atoms with Crippen LogP contribution in [0.15, 0.2) is 90.5 Å². The minimum atomic E-state index is -0.857. The summed E-state index contributed by atoms with van der Waals surface area (Å²) in [6.07, 6.45) is 0.533. The number of carbonyl (C=O) groups excluding carboxylic acids is 2. The zero-order chi connectivity index (χ0) is 21.1. The molecule has 5 heteroatoms. The van der Waals surface area contributed by atoms with Crippen LogP contribution in [0.3, 0.4) is 0 Å². The van der Waals surface area contributed by atoms with Crippen LogP contribution in [0, 0.1) is 5.82 Å². The maximum Gasteiger partial charge on any atom is 0.295 e. The molecule has 1 aliphatic heterocycles. The number of hydrogen-bond donors (Lipinski definition) is 1. The Kier molecular flexibility index (Phi) is 5.44. The highest BCUT2D eigenvalue weighted by atomic mass is 19.1. The van der Waals surface area contributed by atoms with Crippen molar-refractivity contribution in [1.82, 2.24) is 4.90 Å². The fourth-order valence-electron chi connectivity index (χ4n) is 3.78. The van der Waals surface area contributed by atoms with Gasteiger partial charge in [-0.1, -0.05) is 72.8 Å². The number of nitrogens with zero attached hydrogens (tertiary/aromatic N) is 1. The van der Waals surface area contributed by atoms with Gasteiger partial charge in [0.2, 0.25) is 0 Å². The number of carbonyl (C=O) groups is 2. The first-order valence-electron chi connectivity index (χ1n) is 9.69. The third-order valence-electron chi connectivity index (χ3n) is 5.24. The summed E-state index contributed by atoms with van der Waals surface area (Å²) in [7, 11) is 0. The van der Waals surface area contributed by atoms with E-state index in [4.69, 9.17) is 0 Å². The molecule has 4 nitrogen and oxygen atoms in total. The van der Waals surface area contributed by atoms with E-state index in [0.29, 0.717) is 17.5 Å². The molecule has 1 N–H and O–H groups in total. The van der Waals surface area contributed by atoms with Crippen molar-refractivity contribution in [3.05, 3.63) is 113 Å². The fraction of sp³-hybridized carbons (Fsp3) is 0.120. The molecule has 1 saturated heterocycles. The van der Waals surface area contributed by atoms with E-state index in [9.17, 15) is 19.1 Å². The van der Waals surface area contributed by atoms with Gasteiger partial charge in [-0.25, -0.2) is 4.39 Å². The maximum absolute atomic E-state index is 14.0. The van der Waals surface area contributed by atoms with Gasteiger partial charge >= 0.3 is 0 Å². The number of ketones is 1. The second-order valence-corrected chi connectivity index (χ2v) is 7.15. The third-order valence-corrected chi connectivity index (χ3v) is 5.24. The predicted octanol–water partition coefficient (Wildman–Crippen LogP) is 4.49. The van der Waals surface area contributed by atoms with Crippen LogP contribution in [0.25, 0.3) is 5.76 Å². The number of Topliss-reactive ketones (excluding diaryl/α,β-unsaturated/α-hetero) is 1. The Bertz CT molecular complexity index is 1110. The topological polar surface area (TPSA) is 57.6 Å². The lowest BCUT2D eigenvalue weighted by Gasteiger charge is -2.25. The Morgan fingerprint density at radius 3 is 2.23 bits per heavy atom. The lowest BCUT2D eigenvalue weighted by atomic mass is 9.95. The van der Waals surface area contributed by atoms with E-state index in [1.54, 1.807) is 36.4 Å². The molecular formula is C25H20FNO3. The van der Waals surface area contributed by atoms with Crippen LogP contribution < -0.4 is 0 Å². The first-order valence-corrected chi connectivity index (χ1v) is 9.69. The van der Waals surface area contributed by atoms with E-state index in [1.807, 2.05) is 30.3 Å². The average molecular weight is 401 g/mol. The van der Waals surface area contributed by atoms with E-state index >= 15 is 0 Å². The molecule has 1 aliphatic rings. The van der Waals surface area contributed by atoms with Gasteiger partial charge in [0.05, 0.1) is 11.6 Å². The van der Waals surface area contributed by atoms with Gasteiger partial charge in [0.1, 0.15) is 11.6 Å². The number of amides is 1. The quantitative estimate of drug-likeness (QED) is 0.389. The van der Waals surface area contributed by atoms with Gasteiger partial charge in [0.15, 0.2) is 0 Å². The molecule has 0 aromatic heterocycles. The maximum atomic E-state index is 14.0. The largest absolute Gasteiger partial charge is 0.507 e. The number of benzene rings is 3. The molecule has 3 aromatic rings. The molecule has 0 aliphatic carbocycles. The summed E-state index contributed by atoms with van der Waals surface area (Å²) in [4.78, 5) is 27.2. The van der Waals surface area contributed by atoms with Gasteiger partial charge in [0, 0.05) is 12.1 Å². The van der Waals surface area contributed by atoms with Gasteiger partial charge in [-0.3, -0.25) is 9.59 Å². The number of aliphatic hydroxyl groups excluding tert-OH is 1. The normalized spacial score (nSPS) is 18.0. The van der Waals surface area contributed by atoms with Gasteiger partial charge in [0.25, 0.3) is 11.7 Å². The zero-order valence-electron chi connectivity index (χ0n) is 16.2. The molecule has 3 aromatic carbocycles. The first kappa shape index (κ1) is 19.6. The van der Waals surface area contributed by atoms with Gasteiger partial charge in [-0.05, 0) is 29.7 Å². The molecule has 4 rings (SSSR count). The van der Waals surface area contributed by atoms with E-state index < -0.39 is 23.5 Å². The van der Waals surface area contributed by atoms with Crippen LogP contribution >= 0.6 is 0 Å². The summed E-state index contributed by atoms with van der Waals surface area (Å²) < 4.78 is 14.0. The SMILES string of the molecule is O=C1C(=O)N(CCc2ccccc2)C(c2cccc(F)c2)/C1=C(\O)c1ccccc1. The van der Waals surface area contributed by atoms with Crippen LogP contribution in [-0.4, -0.2) is 28.2 Å². The lowest BCUT2D eigenvalue weighted by Crippen LogP contribution is -2.31. The summed E-state index contributed by atoms with van der Waals surface area (Å²) in [6.45, 7) is 0.265. The molecule has 30 heavy (non-hydrogen) atoms. The molecule has 1 unspecified atom stereocenters. The summed E-state index contributed by atoms with van der Waals surface area (Å²) in [5.41, 5.74) is 1.87. The minimum Gasteiger partial charge on any atom is -0.507 e. The molecule has 0 saturated carbocycles. The van der Waals surface area contributed by atoms with Crippen LogP contribution in [0.1, 0.15) is 22.7 Å². The number of likely N-dealkylation sites (tertiary alicyclic amines) is 1. The summed E-state index contributed by atoms with van der Waals surface area (Å²) in [5, 5.41) is 10.9. The molecule has 0 spiro atoms. The number of hydrogen-bond acceptors (Lipinski definition) is 3. The molecule has 0 bridgehead atoms. The van der Waals surface area contributed by atoms with Gasteiger partial charge < -0.3 is 10.0 Å². The Balaban J connectivity index is 1.79. The molecular weight excluding hydrogens is 381 g/mol. The second kappa shape index (κ2) is 8.33. The number of aliphatic hydroxyl groups is 1. The summed E-state index contributed by atoms with van der Waals surface area (Å²) >= 11 is 0. The molecule has 1 atom stereocenters. The highest BCUT2D eigenvalue weighted by Crippen LogP contribution is 2.39. The third kappa shape index (κ3) is 3.74. The number of rotatable bonds is 5.